The van der Waals surface area contributed by atoms with Crippen molar-refractivity contribution < 1.29 is 0 Å². The van der Waals surface area contributed by atoms with Gasteiger partial charge in [0.25, 0.3) is 0 Å². The third-order valence-electron chi connectivity index (χ3n) is 4.73. The molecule has 0 saturated heterocycles. The van der Waals surface area contributed by atoms with Crippen molar-refractivity contribution in [2.75, 3.05) is 13.1 Å². The molecular weight excluding hydrogens is 244 g/mol. The van der Waals surface area contributed by atoms with Crippen LogP contribution < -0.4 is 11.5 Å². The fraction of sp³-hybridized carbons (Fsp3) is 1.00. The minimum atomic E-state index is 0.638. The molecule has 2 heteroatoms. The van der Waals surface area contributed by atoms with Crippen LogP contribution in [0.25, 0.3) is 0 Å². The van der Waals surface area contributed by atoms with Crippen molar-refractivity contribution in [3.05, 3.63) is 0 Å². The van der Waals surface area contributed by atoms with Gasteiger partial charge in [-0.1, -0.05) is 84.5 Å². The second-order valence-electron chi connectivity index (χ2n) is 6.37. The molecule has 20 heavy (non-hydrogen) atoms. The quantitative estimate of drug-likeness (QED) is 0.422. The first-order chi connectivity index (χ1) is 9.79. The number of unbranched alkanes of at least 4 members (excludes halogenated alkanes) is 9. The minimum Gasteiger partial charge on any atom is -0.330 e. The van der Waals surface area contributed by atoms with Crippen LogP contribution in [0, 0.1) is 11.8 Å². The summed E-state index contributed by atoms with van der Waals surface area (Å²) < 4.78 is 0. The predicted octanol–water partition coefficient (Wildman–Crippen LogP) is 4.86. The average Bonchev–Trinajstić information content (AvgIpc) is 2.48. The van der Waals surface area contributed by atoms with E-state index in [0.29, 0.717) is 11.8 Å². The molecular formula is C18H40N2. The van der Waals surface area contributed by atoms with E-state index in [9.17, 15) is 0 Å². The zero-order valence-electron chi connectivity index (χ0n) is 14.2. The second kappa shape index (κ2) is 15.3. The van der Waals surface area contributed by atoms with Crippen LogP contribution in [0.4, 0.5) is 0 Å². The first-order valence-corrected chi connectivity index (χ1v) is 9.20. The summed E-state index contributed by atoms with van der Waals surface area (Å²) in [6.45, 7) is 6.13. The molecule has 2 atom stereocenters. The summed E-state index contributed by atoms with van der Waals surface area (Å²) in [4.78, 5) is 0. The van der Waals surface area contributed by atoms with E-state index in [-0.39, 0.29) is 0 Å². The van der Waals surface area contributed by atoms with E-state index in [2.05, 4.69) is 13.8 Å². The molecule has 0 aromatic carbocycles. The standard InChI is InChI=1S/C18H40N2/c1-3-5-6-7-8-9-10-11-12-13-14-18(16-20)17(4-2)15-19/h17-18H,3-16,19-20H2,1-2H3. The lowest BCUT2D eigenvalue weighted by Crippen LogP contribution is -2.28. The van der Waals surface area contributed by atoms with Gasteiger partial charge in [-0.2, -0.15) is 0 Å². The van der Waals surface area contributed by atoms with Gasteiger partial charge in [-0.05, 0) is 31.3 Å². The third-order valence-corrected chi connectivity index (χ3v) is 4.73. The summed E-state index contributed by atoms with van der Waals surface area (Å²) in [6, 6.07) is 0. The second-order valence-corrected chi connectivity index (χ2v) is 6.37. The Morgan fingerprint density at radius 2 is 1.05 bits per heavy atom. The molecule has 0 amide bonds. The van der Waals surface area contributed by atoms with E-state index in [0.717, 1.165) is 13.1 Å². The molecule has 2 nitrogen and oxygen atoms in total. The van der Waals surface area contributed by atoms with Crippen LogP contribution >= 0.6 is 0 Å². The lowest BCUT2D eigenvalue weighted by atomic mass is 9.86. The van der Waals surface area contributed by atoms with Gasteiger partial charge in [0, 0.05) is 0 Å². The highest BCUT2D eigenvalue weighted by Crippen LogP contribution is 2.21. The van der Waals surface area contributed by atoms with Crippen molar-refractivity contribution in [2.24, 2.45) is 23.3 Å². The summed E-state index contributed by atoms with van der Waals surface area (Å²) in [5.74, 6) is 1.29. The van der Waals surface area contributed by atoms with Crippen molar-refractivity contribution in [3.8, 4) is 0 Å². The summed E-state index contributed by atoms with van der Waals surface area (Å²) >= 11 is 0. The van der Waals surface area contributed by atoms with E-state index in [4.69, 9.17) is 11.5 Å². The third kappa shape index (κ3) is 10.7. The van der Waals surface area contributed by atoms with Crippen LogP contribution in [0.15, 0.2) is 0 Å². The van der Waals surface area contributed by atoms with Crippen LogP contribution in [-0.2, 0) is 0 Å². The fourth-order valence-corrected chi connectivity index (χ4v) is 3.13. The molecule has 0 saturated carbocycles. The lowest BCUT2D eigenvalue weighted by Gasteiger charge is -2.23. The van der Waals surface area contributed by atoms with Gasteiger partial charge < -0.3 is 11.5 Å². The van der Waals surface area contributed by atoms with Gasteiger partial charge in [0.15, 0.2) is 0 Å². The maximum Gasteiger partial charge on any atom is -0.00457 e. The summed E-state index contributed by atoms with van der Waals surface area (Å²) in [5, 5.41) is 0. The molecule has 4 N–H and O–H groups in total. The molecule has 122 valence electrons. The van der Waals surface area contributed by atoms with Gasteiger partial charge in [-0.15, -0.1) is 0 Å². The maximum atomic E-state index is 5.89. The number of hydrogen-bond donors (Lipinski definition) is 2. The van der Waals surface area contributed by atoms with Crippen LogP contribution in [-0.4, -0.2) is 13.1 Å². The normalized spacial score (nSPS) is 14.4. The molecule has 0 aromatic heterocycles. The molecule has 0 fully saturated rings. The van der Waals surface area contributed by atoms with Crippen molar-refractivity contribution in [1.29, 1.82) is 0 Å². The van der Waals surface area contributed by atoms with Crippen LogP contribution in [0.3, 0.4) is 0 Å². The first-order valence-electron chi connectivity index (χ1n) is 9.20. The molecule has 0 aliphatic heterocycles. The smallest absolute Gasteiger partial charge is 0.00457 e. The van der Waals surface area contributed by atoms with E-state index < -0.39 is 0 Å². The van der Waals surface area contributed by atoms with E-state index in [1.165, 1.54) is 77.0 Å². The summed E-state index contributed by atoms with van der Waals surface area (Å²) in [5.41, 5.74) is 11.7. The lowest BCUT2D eigenvalue weighted by molar-refractivity contribution is 0.308. The Morgan fingerprint density at radius 3 is 1.45 bits per heavy atom. The number of rotatable bonds is 15. The van der Waals surface area contributed by atoms with Crippen molar-refractivity contribution in [1.82, 2.24) is 0 Å². The van der Waals surface area contributed by atoms with Crippen molar-refractivity contribution in [2.45, 2.75) is 90.9 Å². The maximum absolute atomic E-state index is 5.89. The summed E-state index contributed by atoms with van der Waals surface area (Å²) in [6.07, 6.45) is 16.5. The monoisotopic (exact) mass is 284 g/mol. The van der Waals surface area contributed by atoms with Crippen molar-refractivity contribution in [3.63, 3.8) is 0 Å². The predicted molar refractivity (Wildman–Crippen MR) is 91.8 cm³/mol. The number of hydrogen-bond acceptors (Lipinski definition) is 2. The van der Waals surface area contributed by atoms with Crippen LogP contribution in [0.5, 0.6) is 0 Å². The van der Waals surface area contributed by atoms with Gasteiger partial charge in [0.2, 0.25) is 0 Å². The Kier molecular flexibility index (Phi) is 15.3. The van der Waals surface area contributed by atoms with Gasteiger partial charge >= 0.3 is 0 Å². The largest absolute Gasteiger partial charge is 0.330 e. The highest BCUT2D eigenvalue weighted by molar-refractivity contribution is 4.70. The molecule has 0 rings (SSSR count). The zero-order chi connectivity index (χ0) is 15.1. The van der Waals surface area contributed by atoms with E-state index in [1.807, 2.05) is 0 Å². The van der Waals surface area contributed by atoms with Gasteiger partial charge in [0.05, 0.1) is 0 Å². The molecule has 0 aliphatic rings. The van der Waals surface area contributed by atoms with Gasteiger partial charge in [-0.25, -0.2) is 0 Å². The van der Waals surface area contributed by atoms with Gasteiger partial charge in [-0.3, -0.25) is 0 Å². The molecule has 0 radical (unpaired) electrons. The van der Waals surface area contributed by atoms with Crippen LogP contribution in [0.2, 0.25) is 0 Å². The Labute approximate surface area is 128 Å². The molecule has 2 unspecified atom stereocenters. The first kappa shape index (κ1) is 19.9. The van der Waals surface area contributed by atoms with E-state index in [1.54, 1.807) is 0 Å². The number of nitrogens with two attached hydrogens (primary N) is 2. The fourth-order valence-electron chi connectivity index (χ4n) is 3.13. The van der Waals surface area contributed by atoms with Crippen molar-refractivity contribution >= 4 is 0 Å². The zero-order valence-corrected chi connectivity index (χ0v) is 14.2. The Bertz CT molecular complexity index is 178. The average molecular weight is 285 g/mol. The minimum absolute atomic E-state index is 0.638. The van der Waals surface area contributed by atoms with Gasteiger partial charge in [0.1, 0.15) is 0 Å². The van der Waals surface area contributed by atoms with E-state index >= 15 is 0 Å². The highest BCUT2D eigenvalue weighted by atomic mass is 14.6. The SMILES string of the molecule is CCCCCCCCCCCCC(CN)C(CC)CN. The molecule has 0 aliphatic carbocycles. The Balaban J connectivity index is 3.37. The Morgan fingerprint density at radius 1 is 0.600 bits per heavy atom. The Hall–Kier alpha value is -0.0800. The molecule has 0 heterocycles. The summed E-state index contributed by atoms with van der Waals surface area (Å²) in [7, 11) is 0. The molecule has 0 aromatic rings. The topological polar surface area (TPSA) is 52.0 Å². The molecule has 0 spiro atoms. The molecule has 0 bridgehead atoms. The van der Waals surface area contributed by atoms with Crippen LogP contribution in [0.1, 0.15) is 90.9 Å². The highest BCUT2D eigenvalue weighted by Gasteiger charge is 2.16.